The molecule has 0 aliphatic heterocycles. The first-order valence-electron chi connectivity index (χ1n) is 6.06. The molecule has 1 atom stereocenters. The average Bonchev–Trinajstić information content (AvgIpc) is 2.69. The van der Waals surface area contributed by atoms with Crippen LogP contribution in [0.15, 0.2) is 39.0 Å². The second-order valence-corrected chi connectivity index (χ2v) is 9.09. The summed E-state index contributed by atoms with van der Waals surface area (Å²) in [5.41, 5.74) is 2.13. The summed E-state index contributed by atoms with van der Waals surface area (Å²) in [7, 11) is -1.31. The topological polar surface area (TPSA) is 46.2 Å². The predicted molar refractivity (Wildman–Crippen MR) is 87.2 cm³/mol. The lowest BCUT2D eigenvalue weighted by Crippen LogP contribution is -2.16. The summed E-state index contributed by atoms with van der Waals surface area (Å²) in [5.74, 6) is 0. The fourth-order valence-corrected chi connectivity index (χ4v) is 4.41. The van der Waals surface area contributed by atoms with Crippen molar-refractivity contribution in [2.45, 2.75) is 17.9 Å². The highest BCUT2D eigenvalue weighted by Crippen LogP contribution is 2.34. The molecule has 1 unspecified atom stereocenters. The summed E-state index contributed by atoms with van der Waals surface area (Å²) < 4.78 is 24.4. The van der Waals surface area contributed by atoms with Crippen molar-refractivity contribution in [1.82, 2.24) is 5.32 Å². The molecule has 0 saturated heterocycles. The van der Waals surface area contributed by atoms with E-state index in [0.717, 1.165) is 14.2 Å². The Balaban J connectivity index is 2.47. The van der Waals surface area contributed by atoms with Gasteiger partial charge in [-0.05, 0) is 59.2 Å². The maximum absolute atomic E-state index is 11.7. The minimum Gasteiger partial charge on any atom is -0.309 e. The van der Waals surface area contributed by atoms with E-state index in [1.165, 1.54) is 11.8 Å². The third-order valence-electron chi connectivity index (χ3n) is 3.07. The summed E-state index contributed by atoms with van der Waals surface area (Å²) in [6.45, 7) is 2.05. The predicted octanol–water partition coefficient (Wildman–Crippen LogP) is 3.53. The Hall–Kier alpha value is -0.690. The zero-order valence-corrected chi connectivity index (χ0v) is 14.7. The molecule has 0 saturated carbocycles. The smallest absolute Gasteiger partial charge is 0.175 e. The quantitative estimate of drug-likeness (QED) is 0.891. The highest BCUT2D eigenvalue weighted by atomic mass is 79.9. The van der Waals surface area contributed by atoms with Crippen molar-refractivity contribution in [1.29, 1.82) is 0 Å². The van der Waals surface area contributed by atoms with Gasteiger partial charge in [-0.15, -0.1) is 11.3 Å². The molecular formula is C14H16BrNO2S2. The highest BCUT2D eigenvalue weighted by Gasteiger charge is 2.17. The van der Waals surface area contributed by atoms with Crippen molar-refractivity contribution in [3.63, 3.8) is 0 Å². The van der Waals surface area contributed by atoms with Gasteiger partial charge in [-0.3, -0.25) is 0 Å². The third kappa shape index (κ3) is 3.31. The molecule has 2 rings (SSSR count). The maximum Gasteiger partial charge on any atom is 0.175 e. The fraction of sp³-hybridized carbons (Fsp3) is 0.286. The summed E-state index contributed by atoms with van der Waals surface area (Å²) in [5, 5.41) is 3.25. The molecule has 3 nitrogen and oxygen atoms in total. The zero-order chi connectivity index (χ0) is 14.9. The monoisotopic (exact) mass is 373 g/mol. The minimum atomic E-state index is -3.19. The maximum atomic E-state index is 11.7. The Morgan fingerprint density at radius 2 is 2.00 bits per heavy atom. The van der Waals surface area contributed by atoms with Gasteiger partial charge in [-0.25, -0.2) is 8.42 Å². The normalized spacial score (nSPS) is 13.4. The van der Waals surface area contributed by atoms with Crippen molar-refractivity contribution in [3.05, 3.63) is 50.1 Å². The van der Waals surface area contributed by atoms with Crippen LogP contribution in [0.4, 0.5) is 0 Å². The minimum absolute atomic E-state index is 0.00769. The summed E-state index contributed by atoms with van der Waals surface area (Å²) in [6, 6.07) is 9.19. The molecule has 2 aromatic rings. The first kappa shape index (κ1) is 15.7. The Morgan fingerprint density at radius 3 is 2.50 bits per heavy atom. The molecule has 0 bridgehead atoms. The lowest BCUT2D eigenvalue weighted by atomic mass is 10.1. The van der Waals surface area contributed by atoms with Crippen LogP contribution in [0.1, 0.15) is 22.0 Å². The Labute approximate surface area is 132 Å². The van der Waals surface area contributed by atoms with Crippen LogP contribution in [0.3, 0.4) is 0 Å². The van der Waals surface area contributed by atoms with E-state index >= 15 is 0 Å². The van der Waals surface area contributed by atoms with Crippen LogP contribution < -0.4 is 5.32 Å². The van der Waals surface area contributed by atoms with E-state index in [4.69, 9.17) is 0 Å². The number of thiophene rings is 1. The number of sulfone groups is 1. The van der Waals surface area contributed by atoms with E-state index in [1.54, 1.807) is 29.5 Å². The van der Waals surface area contributed by atoms with Gasteiger partial charge in [0.15, 0.2) is 9.84 Å². The Morgan fingerprint density at radius 1 is 1.30 bits per heavy atom. The van der Waals surface area contributed by atoms with Gasteiger partial charge in [0.25, 0.3) is 0 Å². The SMILES string of the molecule is CNC(c1cccc(S(C)(=O)=O)c1)c1cc(C)c(Br)s1. The van der Waals surface area contributed by atoms with E-state index in [9.17, 15) is 8.42 Å². The van der Waals surface area contributed by atoms with E-state index in [2.05, 4.69) is 27.3 Å². The largest absolute Gasteiger partial charge is 0.309 e. The molecular weight excluding hydrogens is 358 g/mol. The van der Waals surface area contributed by atoms with Crippen molar-refractivity contribution in [2.75, 3.05) is 13.3 Å². The van der Waals surface area contributed by atoms with Crippen LogP contribution in [-0.2, 0) is 9.84 Å². The van der Waals surface area contributed by atoms with Gasteiger partial charge in [-0.1, -0.05) is 12.1 Å². The summed E-state index contributed by atoms with van der Waals surface area (Å²) in [6.07, 6.45) is 1.23. The van der Waals surface area contributed by atoms with Crippen molar-refractivity contribution in [3.8, 4) is 0 Å². The van der Waals surface area contributed by atoms with E-state index in [-0.39, 0.29) is 6.04 Å². The van der Waals surface area contributed by atoms with Gasteiger partial charge >= 0.3 is 0 Å². The molecule has 0 fully saturated rings. The lowest BCUT2D eigenvalue weighted by Gasteiger charge is -2.15. The van der Waals surface area contributed by atoms with E-state index < -0.39 is 9.84 Å². The second kappa shape index (κ2) is 5.97. The number of benzene rings is 1. The highest BCUT2D eigenvalue weighted by molar-refractivity contribution is 9.11. The molecule has 1 aromatic carbocycles. The number of hydrogen-bond donors (Lipinski definition) is 1. The molecule has 6 heteroatoms. The zero-order valence-electron chi connectivity index (χ0n) is 11.5. The van der Waals surface area contributed by atoms with Gasteiger partial charge in [-0.2, -0.15) is 0 Å². The molecule has 1 heterocycles. The molecule has 0 amide bonds. The molecule has 1 aromatic heterocycles. The fourth-order valence-electron chi connectivity index (χ4n) is 2.02. The number of rotatable bonds is 4. The average molecular weight is 374 g/mol. The van der Waals surface area contributed by atoms with Crippen molar-refractivity contribution in [2.24, 2.45) is 0 Å². The standard InChI is InChI=1S/C14H16BrNO2S2/c1-9-7-12(19-14(9)15)13(16-2)10-5-4-6-11(8-10)20(3,17)18/h4-8,13,16H,1-3H3. The number of nitrogens with one attached hydrogen (secondary N) is 1. The molecule has 0 aliphatic rings. The van der Waals surface area contributed by atoms with Crippen molar-refractivity contribution < 1.29 is 8.42 Å². The van der Waals surface area contributed by atoms with Gasteiger partial charge in [0.1, 0.15) is 0 Å². The first-order valence-corrected chi connectivity index (χ1v) is 9.56. The lowest BCUT2D eigenvalue weighted by molar-refractivity contribution is 0.601. The van der Waals surface area contributed by atoms with E-state index in [1.807, 2.05) is 20.0 Å². The van der Waals surface area contributed by atoms with Crippen LogP contribution >= 0.6 is 27.3 Å². The van der Waals surface area contributed by atoms with Gasteiger partial charge in [0, 0.05) is 11.1 Å². The summed E-state index contributed by atoms with van der Waals surface area (Å²) in [4.78, 5) is 1.50. The van der Waals surface area contributed by atoms with Crippen LogP contribution in [0.2, 0.25) is 0 Å². The number of hydrogen-bond acceptors (Lipinski definition) is 4. The van der Waals surface area contributed by atoms with Gasteiger partial charge < -0.3 is 5.32 Å². The van der Waals surface area contributed by atoms with Crippen LogP contribution in [-0.4, -0.2) is 21.7 Å². The van der Waals surface area contributed by atoms with Crippen molar-refractivity contribution >= 4 is 37.1 Å². The first-order chi connectivity index (χ1) is 9.32. The van der Waals surface area contributed by atoms with Crippen LogP contribution in [0.5, 0.6) is 0 Å². The molecule has 0 aliphatic carbocycles. The number of aryl methyl sites for hydroxylation is 1. The van der Waals surface area contributed by atoms with Gasteiger partial charge in [0.2, 0.25) is 0 Å². The van der Waals surface area contributed by atoms with Crippen LogP contribution in [0.25, 0.3) is 0 Å². The van der Waals surface area contributed by atoms with Gasteiger partial charge in [0.05, 0.1) is 14.7 Å². The Kier molecular flexibility index (Phi) is 4.69. The molecule has 0 radical (unpaired) electrons. The number of halogens is 1. The molecule has 108 valence electrons. The molecule has 20 heavy (non-hydrogen) atoms. The Bertz CT molecular complexity index is 703. The summed E-state index contributed by atoms with van der Waals surface area (Å²) >= 11 is 5.19. The molecule has 0 spiro atoms. The second-order valence-electron chi connectivity index (χ2n) is 4.67. The third-order valence-corrected chi connectivity index (χ3v) is 6.38. The molecule has 1 N–H and O–H groups in total. The van der Waals surface area contributed by atoms with Crippen LogP contribution in [0, 0.1) is 6.92 Å². The van der Waals surface area contributed by atoms with E-state index in [0.29, 0.717) is 4.90 Å².